The molecule has 6 heteroatoms. The number of ether oxygens (including phenoxy) is 1. The van der Waals surface area contributed by atoms with Crippen LogP contribution < -0.4 is 0 Å². The first kappa shape index (κ1) is 21.8. The van der Waals surface area contributed by atoms with Crippen LogP contribution in [0.15, 0.2) is 36.4 Å². The second-order valence-electron chi connectivity index (χ2n) is 9.33. The molecule has 6 nitrogen and oxygen atoms in total. The predicted octanol–water partition coefficient (Wildman–Crippen LogP) is 5.09. The lowest BCUT2D eigenvalue weighted by molar-refractivity contribution is -0.156. The number of hydrogen-bond acceptors (Lipinski definition) is 5. The summed E-state index contributed by atoms with van der Waals surface area (Å²) < 4.78 is 5.57. The van der Waals surface area contributed by atoms with Crippen LogP contribution in [0, 0.1) is 0 Å². The van der Waals surface area contributed by atoms with Gasteiger partial charge in [0, 0.05) is 12.0 Å². The van der Waals surface area contributed by atoms with Crippen molar-refractivity contribution in [2.24, 2.45) is 0 Å². The second-order valence-corrected chi connectivity index (χ2v) is 9.33. The van der Waals surface area contributed by atoms with Gasteiger partial charge in [-0.1, -0.05) is 45.9 Å². The lowest BCUT2D eigenvalue weighted by Crippen LogP contribution is -2.27. The van der Waals surface area contributed by atoms with Gasteiger partial charge in [-0.15, -0.1) is 15.0 Å². The van der Waals surface area contributed by atoms with Crippen LogP contribution in [0.5, 0.6) is 5.75 Å². The largest absolute Gasteiger partial charge is 0.505 e. The van der Waals surface area contributed by atoms with E-state index in [9.17, 15) is 9.90 Å². The van der Waals surface area contributed by atoms with Crippen molar-refractivity contribution >= 4 is 17.0 Å². The van der Waals surface area contributed by atoms with Crippen molar-refractivity contribution in [3.8, 4) is 11.4 Å². The van der Waals surface area contributed by atoms with Crippen LogP contribution in [0.4, 0.5) is 0 Å². The average Bonchev–Trinajstić information content (AvgIpc) is 3.09. The van der Waals surface area contributed by atoms with Gasteiger partial charge in [0.25, 0.3) is 0 Å². The Morgan fingerprint density at radius 3 is 2.20 bits per heavy atom. The Bertz CT molecular complexity index is 1030. The summed E-state index contributed by atoms with van der Waals surface area (Å²) in [7, 11) is 0. The second kappa shape index (κ2) is 8.09. The third kappa shape index (κ3) is 4.81. The van der Waals surface area contributed by atoms with Gasteiger partial charge in [-0.2, -0.15) is 0 Å². The number of aryl methyl sites for hydroxylation is 1. The standard InChI is InChI=1S/C24H31N3O3/c1-7-24(5,6)30-21(28)13-12-16-14-17(23(2,3)4)22(29)20(15-16)27-25-18-10-8-9-11-19(18)26-27/h8-11,14-15,29H,7,12-13H2,1-6H3. The lowest BCUT2D eigenvalue weighted by atomic mass is 9.84. The zero-order chi connectivity index (χ0) is 22.1. The van der Waals surface area contributed by atoms with Crippen molar-refractivity contribution in [2.45, 2.75) is 71.8 Å². The highest BCUT2D eigenvalue weighted by Gasteiger charge is 2.24. The molecule has 0 amide bonds. The first-order valence-corrected chi connectivity index (χ1v) is 10.4. The molecule has 3 aromatic rings. The van der Waals surface area contributed by atoms with Gasteiger partial charge in [-0.3, -0.25) is 4.79 Å². The quantitative estimate of drug-likeness (QED) is 0.574. The van der Waals surface area contributed by atoms with E-state index in [0.29, 0.717) is 12.1 Å². The summed E-state index contributed by atoms with van der Waals surface area (Å²) in [5, 5.41) is 20.0. The van der Waals surface area contributed by atoms with E-state index in [4.69, 9.17) is 4.74 Å². The molecule has 0 atom stereocenters. The predicted molar refractivity (Wildman–Crippen MR) is 118 cm³/mol. The molecule has 0 aliphatic carbocycles. The SMILES string of the molecule is CCC(C)(C)OC(=O)CCc1cc(-n2nc3ccccc3n2)c(O)c(C(C)(C)C)c1. The number of benzene rings is 2. The van der Waals surface area contributed by atoms with Gasteiger partial charge >= 0.3 is 5.97 Å². The van der Waals surface area contributed by atoms with Crippen molar-refractivity contribution in [3.63, 3.8) is 0 Å². The Morgan fingerprint density at radius 1 is 1.07 bits per heavy atom. The Hall–Kier alpha value is -2.89. The van der Waals surface area contributed by atoms with E-state index in [-0.39, 0.29) is 23.6 Å². The van der Waals surface area contributed by atoms with Gasteiger partial charge in [-0.05, 0) is 55.9 Å². The first-order valence-electron chi connectivity index (χ1n) is 10.4. The number of phenols is 1. The fraction of sp³-hybridized carbons (Fsp3) is 0.458. The number of carbonyl (C=O) groups is 1. The molecule has 0 saturated carbocycles. The molecule has 1 heterocycles. The van der Waals surface area contributed by atoms with Crippen LogP contribution in [0.25, 0.3) is 16.7 Å². The fourth-order valence-electron chi connectivity index (χ4n) is 3.19. The number of esters is 1. The summed E-state index contributed by atoms with van der Waals surface area (Å²) in [6.45, 7) is 11.9. The minimum absolute atomic E-state index is 0.154. The Kier molecular flexibility index (Phi) is 5.88. The average molecular weight is 410 g/mol. The maximum absolute atomic E-state index is 12.3. The number of aromatic nitrogens is 3. The van der Waals surface area contributed by atoms with Crippen LogP contribution in [0.3, 0.4) is 0 Å². The molecule has 0 unspecified atom stereocenters. The van der Waals surface area contributed by atoms with Gasteiger partial charge in [0.15, 0.2) is 0 Å². The Balaban J connectivity index is 1.96. The van der Waals surface area contributed by atoms with Crippen LogP contribution >= 0.6 is 0 Å². The topological polar surface area (TPSA) is 77.2 Å². The summed E-state index contributed by atoms with van der Waals surface area (Å²) in [4.78, 5) is 13.8. The maximum Gasteiger partial charge on any atom is 0.306 e. The first-order chi connectivity index (χ1) is 14.0. The number of rotatable bonds is 6. The highest BCUT2D eigenvalue weighted by atomic mass is 16.6. The van der Waals surface area contributed by atoms with Crippen LogP contribution in [0.1, 0.15) is 65.5 Å². The molecule has 0 aliphatic rings. The highest BCUT2D eigenvalue weighted by molar-refractivity contribution is 5.74. The zero-order valence-corrected chi connectivity index (χ0v) is 18.7. The third-order valence-electron chi connectivity index (χ3n) is 5.32. The van der Waals surface area contributed by atoms with Crippen molar-refractivity contribution in [2.75, 3.05) is 0 Å². The Morgan fingerprint density at radius 2 is 1.67 bits per heavy atom. The normalized spacial score (nSPS) is 12.3. The number of hydrogen-bond donors (Lipinski definition) is 1. The summed E-state index contributed by atoms with van der Waals surface area (Å²) in [6.07, 6.45) is 1.54. The molecule has 1 aromatic heterocycles. The van der Waals surface area contributed by atoms with E-state index in [1.807, 2.05) is 77.9 Å². The van der Waals surface area contributed by atoms with Crippen LogP contribution in [-0.2, 0) is 21.4 Å². The van der Waals surface area contributed by atoms with E-state index in [2.05, 4.69) is 10.2 Å². The summed E-state index contributed by atoms with van der Waals surface area (Å²) in [5.41, 5.74) is 2.99. The van der Waals surface area contributed by atoms with Crippen molar-refractivity contribution in [1.29, 1.82) is 0 Å². The van der Waals surface area contributed by atoms with Crippen molar-refractivity contribution in [1.82, 2.24) is 15.0 Å². The van der Waals surface area contributed by atoms with Crippen molar-refractivity contribution in [3.05, 3.63) is 47.5 Å². The molecule has 30 heavy (non-hydrogen) atoms. The minimum Gasteiger partial charge on any atom is -0.505 e. The van der Waals surface area contributed by atoms with E-state index in [1.54, 1.807) is 0 Å². The molecular formula is C24H31N3O3. The highest BCUT2D eigenvalue weighted by Crippen LogP contribution is 2.36. The molecule has 0 saturated heterocycles. The molecular weight excluding hydrogens is 378 g/mol. The van der Waals surface area contributed by atoms with Crippen LogP contribution in [0.2, 0.25) is 0 Å². The number of aromatic hydroxyl groups is 1. The molecule has 0 spiro atoms. The Labute approximate surface area is 177 Å². The number of carbonyl (C=O) groups excluding carboxylic acids is 1. The summed E-state index contributed by atoms with van der Waals surface area (Å²) in [6, 6.07) is 11.4. The molecule has 2 aromatic carbocycles. The molecule has 3 rings (SSSR count). The summed E-state index contributed by atoms with van der Waals surface area (Å²) >= 11 is 0. The van der Waals surface area contributed by atoms with Gasteiger partial charge in [0.1, 0.15) is 28.1 Å². The molecule has 0 bridgehead atoms. The fourth-order valence-corrected chi connectivity index (χ4v) is 3.19. The molecule has 0 radical (unpaired) electrons. The van der Waals surface area contributed by atoms with Crippen LogP contribution in [-0.4, -0.2) is 31.7 Å². The molecule has 0 aliphatic heterocycles. The minimum atomic E-state index is -0.465. The van der Waals surface area contributed by atoms with E-state index in [0.717, 1.165) is 28.6 Å². The van der Waals surface area contributed by atoms with Crippen molar-refractivity contribution < 1.29 is 14.6 Å². The number of nitrogens with zero attached hydrogens (tertiary/aromatic N) is 3. The van der Waals surface area contributed by atoms with E-state index < -0.39 is 5.60 Å². The number of fused-ring (bicyclic) bond motifs is 1. The van der Waals surface area contributed by atoms with E-state index in [1.165, 1.54) is 4.80 Å². The molecule has 0 fully saturated rings. The van der Waals surface area contributed by atoms with Gasteiger partial charge in [0.05, 0.1) is 0 Å². The monoisotopic (exact) mass is 409 g/mol. The third-order valence-corrected chi connectivity index (χ3v) is 5.32. The molecule has 160 valence electrons. The lowest BCUT2D eigenvalue weighted by Gasteiger charge is -2.24. The smallest absolute Gasteiger partial charge is 0.306 e. The van der Waals surface area contributed by atoms with E-state index >= 15 is 0 Å². The summed E-state index contributed by atoms with van der Waals surface area (Å²) in [5.74, 6) is -0.0713. The molecule has 1 N–H and O–H groups in total. The maximum atomic E-state index is 12.3. The van der Waals surface area contributed by atoms with Gasteiger partial charge in [-0.25, -0.2) is 0 Å². The number of phenolic OH excluding ortho intramolecular Hbond substituents is 1. The zero-order valence-electron chi connectivity index (χ0n) is 18.7. The van der Waals surface area contributed by atoms with Gasteiger partial charge in [0.2, 0.25) is 0 Å². The van der Waals surface area contributed by atoms with Gasteiger partial charge < -0.3 is 9.84 Å².